The summed E-state index contributed by atoms with van der Waals surface area (Å²) in [5, 5.41) is 7.13. The molecule has 2 rings (SSSR count). The molecule has 0 aliphatic carbocycles. The molecule has 5 heteroatoms. The number of aryl methyl sites for hydroxylation is 2. The molecule has 0 saturated carbocycles. The van der Waals surface area contributed by atoms with Gasteiger partial charge in [-0.3, -0.25) is 0 Å². The average Bonchev–Trinajstić information content (AvgIpc) is 2.70. The Morgan fingerprint density at radius 1 is 1.32 bits per heavy atom. The van der Waals surface area contributed by atoms with Crippen molar-refractivity contribution in [2.75, 3.05) is 7.11 Å². The number of aromatic nitrogens is 1. The molecule has 4 nitrogen and oxygen atoms in total. The van der Waals surface area contributed by atoms with Crippen LogP contribution in [0.2, 0.25) is 0 Å². The molecular weight excluding hydrogens is 247 g/mol. The van der Waals surface area contributed by atoms with E-state index in [1.807, 2.05) is 19.9 Å². The molecular formula is C14H17FN2O2. The zero-order valence-electron chi connectivity index (χ0n) is 11.3. The number of nitrogens with one attached hydrogen (secondary N) is 1. The maximum Gasteiger partial charge on any atom is 0.165 e. The van der Waals surface area contributed by atoms with Gasteiger partial charge in [0.25, 0.3) is 0 Å². The van der Waals surface area contributed by atoms with Gasteiger partial charge in [0.05, 0.1) is 12.8 Å². The lowest BCUT2D eigenvalue weighted by Crippen LogP contribution is -2.13. The van der Waals surface area contributed by atoms with Crippen LogP contribution in [0.15, 0.2) is 22.7 Å². The standard InChI is InChI=1S/C14H17FN2O2/c1-9-12(10(2)19-17-9)8-16-7-11-4-5-14(18-3)13(15)6-11/h4-6,16H,7-8H2,1-3H3. The normalized spacial score (nSPS) is 10.7. The molecule has 0 fully saturated rings. The summed E-state index contributed by atoms with van der Waals surface area (Å²) in [5.41, 5.74) is 2.80. The lowest BCUT2D eigenvalue weighted by atomic mass is 10.2. The lowest BCUT2D eigenvalue weighted by Gasteiger charge is -2.07. The van der Waals surface area contributed by atoms with Crippen LogP contribution in [0, 0.1) is 19.7 Å². The van der Waals surface area contributed by atoms with E-state index in [2.05, 4.69) is 10.5 Å². The minimum Gasteiger partial charge on any atom is -0.494 e. The third-order valence-corrected chi connectivity index (χ3v) is 3.03. The summed E-state index contributed by atoms with van der Waals surface area (Å²) in [6, 6.07) is 4.93. The van der Waals surface area contributed by atoms with Gasteiger partial charge in [-0.05, 0) is 31.5 Å². The highest BCUT2D eigenvalue weighted by molar-refractivity contribution is 5.29. The summed E-state index contributed by atoms with van der Waals surface area (Å²) in [6.45, 7) is 5.00. The molecule has 0 radical (unpaired) electrons. The van der Waals surface area contributed by atoms with E-state index in [0.717, 1.165) is 22.6 Å². The Balaban J connectivity index is 1.94. The van der Waals surface area contributed by atoms with Crippen molar-refractivity contribution < 1.29 is 13.7 Å². The second kappa shape index (κ2) is 5.84. The number of hydrogen-bond acceptors (Lipinski definition) is 4. The van der Waals surface area contributed by atoms with Gasteiger partial charge in [0.2, 0.25) is 0 Å². The first kappa shape index (κ1) is 13.5. The highest BCUT2D eigenvalue weighted by atomic mass is 19.1. The SMILES string of the molecule is COc1ccc(CNCc2c(C)noc2C)cc1F. The predicted octanol–water partition coefficient (Wildman–Crippen LogP) is 2.73. The van der Waals surface area contributed by atoms with Crippen LogP contribution in [0.25, 0.3) is 0 Å². The fourth-order valence-corrected chi connectivity index (χ4v) is 1.91. The summed E-state index contributed by atoms with van der Waals surface area (Å²) in [4.78, 5) is 0. The maximum atomic E-state index is 13.5. The molecule has 0 amide bonds. The number of methoxy groups -OCH3 is 1. The van der Waals surface area contributed by atoms with E-state index >= 15 is 0 Å². The van der Waals surface area contributed by atoms with Crippen LogP contribution in [0.5, 0.6) is 5.75 Å². The van der Waals surface area contributed by atoms with Crippen molar-refractivity contribution in [2.45, 2.75) is 26.9 Å². The van der Waals surface area contributed by atoms with E-state index in [1.165, 1.54) is 13.2 Å². The van der Waals surface area contributed by atoms with Gasteiger partial charge in [0, 0.05) is 18.7 Å². The van der Waals surface area contributed by atoms with E-state index in [4.69, 9.17) is 9.26 Å². The molecule has 2 aromatic rings. The third-order valence-electron chi connectivity index (χ3n) is 3.03. The fraction of sp³-hybridized carbons (Fsp3) is 0.357. The van der Waals surface area contributed by atoms with Crippen LogP contribution >= 0.6 is 0 Å². The maximum absolute atomic E-state index is 13.5. The first-order chi connectivity index (χ1) is 9.11. The van der Waals surface area contributed by atoms with Crippen molar-refractivity contribution in [1.29, 1.82) is 0 Å². The van der Waals surface area contributed by atoms with Crippen molar-refractivity contribution in [3.8, 4) is 5.75 Å². The molecule has 0 bridgehead atoms. The molecule has 19 heavy (non-hydrogen) atoms. The zero-order valence-corrected chi connectivity index (χ0v) is 11.3. The Labute approximate surface area is 111 Å². The van der Waals surface area contributed by atoms with Crippen molar-refractivity contribution in [1.82, 2.24) is 10.5 Å². The van der Waals surface area contributed by atoms with Crippen LogP contribution in [0.3, 0.4) is 0 Å². The summed E-state index contributed by atoms with van der Waals surface area (Å²) >= 11 is 0. The molecule has 0 atom stereocenters. The Morgan fingerprint density at radius 3 is 2.68 bits per heavy atom. The highest BCUT2D eigenvalue weighted by Gasteiger charge is 2.08. The number of nitrogens with zero attached hydrogens (tertiary/aromatic N) is 1. The Kier molecular flexibility index (Phi) is 4.16. The molecule has 0 aliphatic heterocycles. The van der Waals surface area contributed by atoms with Gasteiger partial charge in [-0.25, -0.2) is 4.39 Å². The van der Waals surface area contributed by atoms with Crippen molar-refractivity contribution in [2.24, 2.45) is 0 Å². The van der Waals surface area contributed by atoms with Gasteiger partial charge in [0.1, 0.15) is 5.76 Å². The van der Waals surface area contributed by atoms with Gasteiger partial charge in [-0.15, -0.1) is 0 Å². The molecule has 0 aliphatic rings. The molecule has 1 aromatic heterocycles. The Bertz CT molecular complexity index is 547. The van der Waals surface area contributed by atoms with Crippen molar-refractivity contribution in [3.05, 3.63) is 46.6 Å². The number of hydrogen-bond donors (Lipinski definition) is 1. The van der Waals surface area contributed by atoms with Gasteiger partial charge >= 0.3 is 0 Å². The summed E-state index contributed by atoms with van der Waals surface area (Å²) in [7, 11) is 1.45. The smallest absolute Gasteiger partial charge is 0.165 e. The first-order valence-corrected chi connectivity index (χ1v) is 6.06. The topological polar surface area (TPSA) is 47.3 Å². The Hall–Kier alpha value is -1.88. The molecule has 1 N–H and O–H groups in total. The monoisotopic (exact) mass is 264 g/mol. The molecule has 1 heterocycles. The molecule has 0 unspecified atom stereocenters. The average molecular weight is 264 g/mol. The summed E-state index contributed by atoms with van der Waals surface area (Å²) in [5.74, 6) is 0.722. The minimum absolute atomic E-state index is 0.259. The van der Waals surface area contributed by atoms with Crippen LogP contribution in [0.4, 0.5) is 4.39 Å². The minimum atomic E-state index is -0.348. The number of rotatable bonds is 5. The number of halogens is 1. The van der Waals surface area contributed by atoms with Gasteiger partial charge in [-0.2, -0.15) is 0 Å². The van der Waals surface area contributed by atoms with E-state index in [-0.39, 0.29) is 11.6 Å². The number of ether oxygens (including phenoxy) is 1. The fourth-order valence-electron chi connectivity index (χ4n) is 1.91. The largest absolute Gasteiger partial charge is 0.494 e. The number of benzene rings is 1. The molecule has 1 aromatic carbocycles. The zero-order chi connectivity index (χ0) is 13.8. The van der Waals surface area contributed by atoms with Gasteiger partial charge < -0.3 is 14.6 Å². The van der Waals surface area contributed by atoms with Crippen LogP contribution in [0.1, 0.15) is 22.6 Å². The molecule has 0 saturated heterocycles. The van der Waals surface area contributed by atoms with E-state index in [0.29, 0.717) is 13.1 Å². The predicted molar refractivity (Wildman–Crippen MR) is 69.5 cm³/mol. The Morgan fingerprint density at radius 2 is 2.11 bits per heavy atom. The summed E-state index contributed by atoms with van der Waals surface area (Å²) < 4.78 is 23.5. The van der Waals surface area contributed by atoms with Crippen LogP contribution < -0.4 is 10.1 Å². The highest BCUT2D eigenvalue weighted by Crippen LogP contribution is 2.18. The second-order valence-electron chi connectivity index (χ2n) is 4.38. The quantitative estimate of drug-likeness (QED) is 0.902. The van der Waals surface area contributed by atoms with Crippen molar-refractivity contribution >= 4 is 0 Å². The van der Waals surface area contributed by atoms with Crippen LogP contribution in [-0.2, 0) is 13.1 Å². The van der Waals surface area contributed by atoms with Gasteiger partial charge in [-0.1, -0.05) is 11.2 Å². The van der Waals surface area contributed by atoms with Crippen LogP contribution in [-0.4, -0.2) is 12.3 Å². The van der Waals surface area contributed by atoms with E-state index < -0.39 is 0 Å². The van der Waals surface area contributed by atoms with E-state index in [1.54, 1.807) is 6.07 Å². The molecule has 0 spiro atoms. The second-order valence-corrected chi connectivity index (χ2v) is 4.38. The summed E-state index contributed by atoms with van der Waals surface area (Å²) in [6.07, 6.45) is 0. The first-order valence-electron chi connectivity index (χ1n) is 6.06. The van der Waals surface area contributed by atoms with E-state index in [9.17, 15) is 4.39 Å². The van der Waals surface area contributed by atoms with Gasteiger partial charge in [0.15, 0.2) is 11.6 Å². The molecule has 102 valence electrons. The lowest BCUT2D eigenvalue weighted by molar-refractivity contribution is 0.386. The third kappa shape index (κ3) is 3.12. The van der Waals surface area contributed by atoms with Crippen molar-refractivity contribution in [3.63, 3.8) is 0 Å².